The Morgan fingerprint density at radius 2 is 2.00 bits per heavy atom. The highest BCUT2D eigenvalue weighted by Crippen LogP contribution is 2.32. The molecule has 8 heteroatoms. The Labute approximate surface area is 171 Å². The van der Waals surface area contributed by atoms with Gasteiger partial charge in [-0.05, 0) is 51.1 Å². The minimum atomic E-state index is 0. The Bertz CT molecular complexity index is 779. The summed E-state index contributed by atoms with van der Waals surface area (Å²) in [5, 5.41) is 13.6. The minimum Gasteiger partial charge on any atom is -0.312 e. The van der Waals surface area contributed by atoms with Gasteiger partial charge in [0, 0.05) is 23.9 Å². The standard InChI is InChI=1S/C19H28N6S.ClH/c1-13-2-3-15-16(10-13)26-18(21-15)12-24-7-4-14(5-8-24)19-23-22-17-11-20-6-9-25(17)19;/h13-14,20H,2-12H2,1H3;1H. The molecule has 1 saturated heterocycles. The molecule has 1 fully saturated rings. The summed E-state index contributed by atoms with van der Waals surface area (Å²) in [6.45, 7) is 8.59. The second kappa shape index (κ2) is 8.15. The van der Waals surface area contributed by atoms with Crippen LogP contribution in [-0.4, -0.2) is 44.3 Å². The monoisotopic (exact) mass is 408 g/mol. The first-order valence-corrected chi connectivity index (χ1v) is 10.9. The highest BCUT2D eigenvalue weighted by molar-refractivity contribution is 7.11. The molecule has 0 spiro atoms. The number of rotatable bonds is 3. The van der Waals surface area contributed by atoms with Crippen molar-refractivity contribution in [3.05, 3.63) is 27.2 Å². The Morgan fingerprint density at radius 1 is 1.15 bits per heavy atom. The van der Waals surface area contributed by atoms with Gasteiger partial charge in [0.25, 0.3) is 0 Å². The third-order valence-corrected chi connectivity index (χ3v) is 7.30. The minimum absolute atomic E-state index is 0. The number of thiazole rings is 1. The summed E-state index contributed by atoms with van der Waals surface area (Å²) in [4.78, 5) is 9.09. The Balaban J connectivity index is 0.00000180. The van der Waals surface area contributed by atoms with Crippen LogP contribution in [0.5, 0.6) is 0 Å². The summed E-state index contributed by atoms with van der Waals surface area (Å²) < 4.78 is 2.35. The second-order valence-corrected chi connectivity index (χ2v) is 9.35. The van der Waals surface area contributed by atoms with Crippen LogP contribution in [0.1, 0.15) is 59.3 Å². The summed E-state index contributed by atoms with van der Waals surface area (Å²) in [7, 11) is 0. The molecule has 0 saturated carbocycles. The van der Waals surface area contributed by atoms with Crippen molar-refractivity contribution in [1.29, 1.82) is 0 Å². The smallest absolute Gasteiger partial charge is 0.147 e. The van der Waals surface area contributed by atoms with E-state index >= 15 is 0 Å². The van der Waals surface area contributed by atoms with E-state index in [0.29, 0.717) is 5.92 Å². The summed E-state index contributed by atoms with van der Waals surface area (Å²) in [5.41, 5.74) is 1.39. The maximum Gasteiger partial charge on any atom is 0.147 e. The van der Waals surface area contributed by atoms with Crippen LogP contribution >= 0.6 is 23.7 Å². The first-order valence-electron chi connectivity index (χ1n) is 10.1. The van der Waals surface area contributed by atoms with Crippen molar-refractivity contribution in [2.24, 2.45) is 5.92 Å². The number of nitrogens with one attached hydrogen (secondary N) is 1. The van der Waals surface area contributed by atoms with Crippen molar-refractivity contribution in [2.75, 3.05) is 19.6 Å². The van der Waals surface area contributed by atoms with Gasteiger partial charge in [-0.1, -0.05) is 6.92 Å². The fourth-order valence-corrected chi connectivity index (χ4v) is 5.94. The first-order chi connectivity index (χ1) is 12.8. The topological polar surface area (TPSA) is 58.9 Å². The molecule has 1 aliphatic carbocycles. The molecule has 0 amide bonds. The number of halogens is 1. The number of hydrogen-bond donors (Lipinski definition) is 1. The van der Waals surface area contributed by atoms with E-state index in [-0.39, 0.29) is 12.4 Å². The number of fused-ring (bicyclic) bond motifs is 2. The largest absolute Gasteiger partial charge is 0.312 e. The van der Waals surface area contributed by atoms with Crippen LogP contribution < -0.4 is 5.32 Å². The third-order valence-electron chi connectivity index (χ3n) is 6.19. The zero-order valence-electron chi connectivity index (χ0n) is 16.0. The molecule has 3 aliphatic rings. The average molecular weight is 409 g/mol. The number of aryl methyl sites for hydroxylation is 1. The van der Waals surface area contributed by atoms with E-state index in [1.165, 1.54) is 48.6 Å². The normalized spacial score (nSPS) is 23.5. The molecule has 1 N–H and O–H groups in total. The van der Waals surface area contributed by atoms with Crippen molar-refractivity contribution >= 4 is 23.7 Å². The lowest BCUT2D eigenvalue weighted by atomic mass is 9.93. The predicted molar refractivity (Wildman–Crippen MR) is 110 cm³/mol. The molecule has 5 rings (SSSR count). The molecule has 6 nitrogen and oxygen atoms in total. The Hall–Kier alpha value is -1.02. The molecule has 2 aromatic heterocycles. The van der Waals surface area contributed by atoms with E-state index in [4.69, 9.17) is 4.98 Å². The average Bonchev–Trinajstić information content (AvgIpc) is 3.25. The molecule has 0 bridgehead atoms. The summed E-state index contributed by atoms with van der Waals surface area (Å²) >= 11 is 1.96. The van der Waals surface area contributed by atoms with Crippen molar-refractivity contribution in [3.8, 4) is 0 Å². The zero-order chi connectivity index (χ0) is 17.5. The van der Waals surface area contributed by atoms with Crippen LogP contribution in [0.3, 0.4) is 0 Å². The van der Waals surface area contributed by atoms with Gasteiger partial charge in [0.1, 0.15) is 16.7 Å². The number of aromatic nitrogens is 4. The summed E-state index contributed by atoms with van der Waals surface area (Å²) in [5.74, 6) is 3.72. The van der Waals surface area contributed by atoms with Crippen LogP contribution in [-0.2, 0) is 32.5 Å². The van der Waals surface area contributed by atoms with Gasteiger partial charge in [0.15, 0.2) is 0 Å². The lowest BCUT2D eigenvalue weighted by molar-refractivity contribution is 0.199. The van der Waals surface area contributed by atoms with Crippen molar-refractivity contribution < 1.29 is 0 Å². The SMILES string of the molecule is CC1CCc2nc(CN3CCC(c4nnc5n4CCNC5)CC3)sc2C1.Cl. The molecule has 1 unspecified atom stereocenters. The molecule has 2 aliphatic heterocycles. The molecular formula is C19H29ClN6S. The molecule has 148 valence electrons. The van der Waals surface area contributed by atoms with Crippen LogP contribution in [0.15, 0.2) is 0 Å². The van der Waals surface area contributed by atoms with Gasteiger partial charge in [-0.3, -0.25) is 4.90 Å². The van der Waals surface area contributed by atoms with Gasteiger partial charge in [-0.15, -0.1) is 33.9 Å². The van der Waals surface area contributed by atoms with Gasteiger partial charge in [-0.2, -0.15) is 0 Å². The Kier molecular flexibility index (Phi) is 5.83. The van der Waals surface area contributed by atoms with Gasteiger partial charge in [0.05, 0.1) is 18.8 Å². The molecule has 27 heavy (non-hydrogen) atoms. The van der Waals surface area contributed by atoms with Crippen LogP contribution in [0.25, 0.3) is 0 Å². The third kappa shape index (κ3) is 3.92. The maximum absolute atomic E-state index is 4.95. The fraction of sp³-hybridized carbons (Fsp3) is 0.737. The van der Waals surface area contributed by atoms with Crippen LogP contribution in [0.4, 0.5) is 0 Å². The van der Waals surface area contributed by atoms with E-state index in [0.717, 1.165) is 51.0 Å². The van der Waals surface area contributed by atoms with Gasteiger partial charge in [-0.25, -0.2) is 4.98 Å². The van der Waals surface area contributed by atoms with E-state index in [1.807, 2.05) is 11.3 Å². The fourth-order valence-electron chi connectivity index (χ4n) is 4.62. The van der Waals surface area contributed by atoms with Crippen LogP contribution in [0.2, 0.25) is 0 Å². The molecular weight excluding hydrogens is 380 g/mol. The van der Waals surface area contributed by atoms with Crippen molar-refractivity contribution in [1.82, 2.24) is 30.0 Å². The van der Waals surface area contributed by atoms with E-state index in [9.17, 15) is 0 Å². The number of piperidine rings is 1. The summed E-state index contributed by atoms with van der Waals surface area (Å²) in [6, 6.07) is 0. The second-order valence-electron chi connectivity index (χ2n) is 8.18. The number of nitrogens with zero attached hydrogens (tertiary/aromatic N) is 5. The maximum atomic E-state index is 4.95. The molecule has 1 atom stereocenters. The number of likely N-dealkylation sites (tertiary alicyclic amines) is 1. The zero-order valence-corrected chi connectivity index (χ0v) is 17.6. The molecule has 0 aromatic carbocycles. The van der Waals surface area contributed by atoms with Gasteiger partial charge in [0.2, 0.25) is 0 Å². The quantitative estimate of drug-likeness (QED) is 0.846. The van der Waals surface area contributed by atoms with E-state index in [2.05, 4.69) is 31.9 Å². The first kappa shape index (κ1) is 19.3. The highest BCUT2D eigenvalue weighted by atomic mass is 35.5. The van der Waals surface area contributed by atoms with Crippen LogP contribution in [0, 0.1) is 5.92 Å². The number of hydrogen-bond acceptors (Lipinski definition) is 6. The lowest BCUT2D eigenvalue weighted by Gasteiger charge is -2.31. The van der Waals surface area contributed by atoms with E-state index < -0.39 is 0 Å². The predicted octanol–water partition coefficient (Wildman–Crippen LogP) is 2.76. The summed E-state index contributed by atoms with van der Waals surface area (Å²) in [6.07, 6.45) is 6.10. The Morgan fingerprint density at radius 3 is 2.85 bits per heavy atom. The highest BCUT2D eigenvalue weighted by Gasteiger charge is 2.28. The van der Waals surface area contributed by atoms with Gasteiger partial charge >= 0.3 is 0 Å². The molecule has 0 radical (unpaired) electrons. The van der Waals surface area contributed by atoms with Gasteiger partial charge < -0.3 is 9.88 Å². The van der Waals surface area contributed by atoms with Crippen molar-refractivity contribution in [2.45, 2.75) is 64.6 Å². The van der Waals surface area contributed by atoms with Crippen molar-refractivity contribution in [3.63, 3.8) is 0 Å². The lowest BCUT2D eigenvalue weighted by Crippen LogP contribution is -2.34. The molecule has 4 heterocycles. The molecule has 2 aromatic rings. The van der Waals surface area contributed by atoms with E-state index in [1.54, 1.807) is 4.88 Å².